The molecule has 1 N–H and O–H groups in total. The number of halogens is 1. The second-order valence-corrected chi connectivity index (χ2v) is 4.93. The third kappa shape index (κ3) is 2.89. The number of carbonyl (C=O) groups is 1. The molecule has 0 aliphatic rings. The van der Waals surface area contributed by atoms with Gasteiger partial charge in [-0.2, -0.15) is 0 Å². The molecule has 0 saturated carbocycles. The summed E-state index contributed by atoms with van der Waals surface area (Å²) in [5.41, 5.74) is 0.141. The standard InChI is InChI=1S/C12H16ClNO2/c1-12(2,3)11(15)14-9-7-5-6-8(13)10(9)16-4/h5-7H,1-4H3,(H,14,15). The summed E-state index contributed by atoms with van der Waals surface area (Å²) in [7, 11) is 1.52. The van der Waals surface area contributed by atoms with Crippen LogP contribution in [0.1, 0.15) is 20.8 Å². The van der Waals surface area contributed by atoms with Crippen LogP contribution in [0.5, 0.6) is 5.75 Å². The Labute approximate surface area is 101 Å². The molecule has 0 heterocycles. The fourth-order valence-corrected chi connectivity index (χ4v) is 1.38. The van der Waals surface area contributed by atoms with Crippen LogP contribution in [0.25, 0.3) is 0 Å². The van der Waals surface area contributed by atoms with E-state index < -0.39 is 5.41 Å². The summed E-state index contributed by atoms with van der Waals surface area (Å²) in [6.45, 7) is 5.54. The largest absolute Gasteiger partial charge is 0.493 e. The average Bonchev–Trinajstić information content (AvgIpc) is 2.16. The lowest BCUT2D eigenvalue weighted by molar-refractivity contribution is -0.123. The Bertz CT molecular complexity index is 396. The Kier molecular flexibility index (Phi) is 3.81. The lowest BCUT2D eigenvalue weighted by atomic mass is 9.95. The Morgan fingerprint density at radius 1 is 1.38 bits per heavy atom. The number of benzene rings is 1. The third-order valence-electron chi connectivity index (χ3n) is 2.10. The van der Waals surface area contributed by atoms with E-state index in [0.717, 1.165) is 0 Å². The molecule has 0 unspecified atom stereocenters. The van der Waals surface area contributed by atoms with E-state index in [0.29, 0.717) is 16.5 Å². The van der Waals surface area contributed by atoms with Crippen LogP contribution < -0.4 is 10.1 Å². The van der Waals surface area contributed by atoms with Gasteiger partial charge in [0.2, 0.25) is 5.91 Å². The zero-order valence-electron chi connectivity index (χ0n) is 9.93. The summed E-state index contributed by atoms with van der Waals surface area (Å²) in [6.07, 6.45) is 0. The van der Waals surface area contributed by atoms with Gasteiger partial charge in [0.15, 0.2) is 5.75 Å². The van der Waals surface area contributed by atoms with Crippen LogP contribution in [0, 0.1) is 5.41 Å². The highest BCUT2D eigenvalue weighted by Gasteiger charge is 2.22. The average molecular weight is 242 g/mol. The Morgan fingerprint density at radius 3 is 2.50 bits per heavy atom. The van der Waals surface area contributed by atoms with Crippen molar-refractivity contribution in [2.45, 2.75) is 20.8 Å². The Balaban J connectivity index is 2.98. The van der Waals surface area contributed by atoms with E-state index in [1.165, 1.54) is 7.11 Å². The van der Waals surface area contributed by atoms with Gasteiger partial charge in [-0.05, 0) is 12.1 Å². The monoisotopic (exact) mass is 241 g/mol. The molecule has 3 nitrogen and oxygen atoms in total. The number of anilines is 1. The number of hydrogen-bond acceptors (Lipinski definition) is 2. The number of carbonyl (C=O) groups excluding carboxylic acids is 1. The number of methoxy groups -OCH3 is 1. The van der Waals surface area contributed by atoms with Crippen molar-refractivity contribution in [1.82, 2.24) is 0 Å². The molecule has 0 aliphatic heterocycles. The van der Waals surface area contributed by atoms with Crippen LogP contribution >= 0.6 is 11.6 Å². The van der Waals surface area contributed by atoms with Gasteiger partial charge in [0, 0.05) is 5.41 Å². The van der Waals surface area contributed by atoms with Crippen molar-refractivity contribution in [2.24, 2.45) is 5.41 Å². The number of rotatable bonds is 2. The van der Waals surface area contributed by atoms with Gasteiger partial charge < -0.3 is 10.1 Å². The molecule has 0 spiro atoms. The smallest absolute Gasteiger partial charge is 0.229 e. The molecule has 4 heteroatoms. The van der Waals surface area contributed by atoms with Crippen molar-refractivity contribution in [2.75, 3.05) is 12.4 Å². The molecule has 0 fully saturated rings. The minimum atomic E-state index is -0.451. The van der Waals surface area contributed by atoms with Gasteiger partial charge in [-0.15, -0.1) is 0 Å². The summed E-state index contributed by atoms with van der Waals surface area (Å²) in [5, 5.41) is 3.27. The molecule has 0 bridgehead atoms. The molecule has 0 atom stereocenters. The number of para-hydroxylation sites is 1. The van der Waals surface area contributed by atoms with Gasteiger partial charge in [-0.25, -0.2) is 0 Å². The van der Waals surface area contributed by atoms with Crippen LogP contribution in [0.15, 0.2) is 18.2 Å². The van der Waals surface area contributed by atoms with Gasteiger partial charge in [-0.3, -0.25) is 4.79 Å². The van der Waals surface area contributed by atoms with Gasteiger partial charge in [0.05, 0.1) is 17.8 Å². The Hall–Kier alpha value is -1.22. The van der Waals surface area contributed by atoms with Crippen molar-refractivity contribution in [1.29, 1.82) is 0 Å². The highest BCUT2D eigenvalue weighted by Crippen LogP contribution is 2.33. The third-order valence-corrected chi connectivity index (χ3v) is 2.40. The molecule has 0 aliphatic carbocycles. The van der Waals surface area contributed by atoms with Gasteiger partial charge in [0.25, 0.3) is 0 Å². The molecular weight excluding hydrogens is 226 g/mol. The van der Waals surface area contributed by atoms with E-state index in [1.807, 2.05) is 20.8 Å². The van der Waals surface area contributed by atoms with Crippen molar-refractivity contribution in [3.8, 4) is 5.75 Å². The maximum absolute atomic E-state index is 11.8. The second-order valence-electron chi connectivity index (χ2n) is 4.52. The van der Waals surface area contributed by atoms with E-state index >= 15 is 0 Å². The zero-order valence-corrected chi connectivity index (χ0v) is 10.7. The SMILES string of the molecule is COc1c(Cl)cccc1NC(=O)C(C)(C)C. The summed E-state index contributed by atoms with van der Waals surface area (Å²) >= 11 is 5.95. The predicted molar refractivity (Wildman–Crippen MR) is 66.1 cm³/mol. The summed E-state index contributed by atoms with van der Waals surface area (Å²) < 4.78 is 5.14. The molecule has 0 radical (unpaired) electrons. The van der Waals surface area contributed by atoms with Crippen LogP contribution in [0.3, 0.4) is 0 Å². The summed E-state index contributed by atoms with van der Waals surface area (Å²) in [4.78, 5) is 11.8. The van der Waals surface area contributed by atoms with E-state index in [2.05, 4.69) is 5.32 Å². The van der Waals surface area contributed by atoms with Crippen molar-refractivity contribution in [3.63, 3.8) is 0 Å². The quantitative estimate of drug-likeness (QED) is 0.863. The van der Waals surface area contributed by atoms with Gasteiger partial charge in [0.1, 0.15) is 0 Å². The van der Waals surface area contributed by atoms with Gasteiger partial charge >= 0.3 is 0 Å². The van der Waals surface area contributed by atoms with E-state index in [-0.39, 0.29) is 5.91 Å². The van der Waals surface area contributed by atoms with Crippen molar-refractivity contribution in [3.05, 3.63) is 23.2 Å². The van der Waals surface area contributed by atoms with Gasteiger partial charge in [-0.1, -0.05) is 38.4 Å². The first-order chi connectivity index (χ1) is 7.36. The fourth-order valence-electron chi connectivity index (χ4n) is 1.12. The molecule has 1 aromatic rings. The van der Waals surface area contributed by atoms with Crippen molar-refractivity contribution >= 4 is 23.2 Å². The van der Waals surface area contributed by atoms with Crippen LogP contribution in [0.2, 0.25) is 5.02 Å². The molecule has 1 rings (SSSR count). The van der Waals surface area contributed by atoms with Crippen molar-refractivity contribution < 1.29 is 9.53 Å². The lowest BCUT2D eigenvalue weighted by Gasteiger charge is -2.19. The lowest BCUT2D eigenvalue weighted by Crippen LogP contribution is -2.27. The molecule has 16 heavy (non-hydrogen) atoms. The molecular formula is C12H16ClNO2. The first-order valence-corrected chi connectivity index (χ1v) is 5.38. The topological polar surface area (TPSA) is 38.3 Å². The minimum Gasteiger partial charge on any atom is -0.493 e. The first kappa shape index (κ1) is 12.8. The number of nitrogens with one attached hydrogen (secondary N) is 1. The maximum Gasteiger partial charge on any atom is 0.229 e. The van der Waals surface area contributed by atoms with E-state index in [4.69, 9.17) is 16.3 Å². The predicted octanol–water partition coefficient (Wildman–Crippen LogP) is 3.33. The number of ether oxygens (including phenoxy) is 1. The maximum atomic E-state index is 11.8. The zero-order chi connectivity index (χ0) is 12.3. The molecule has 88 valence electrons. The summed E-state index contributed by atoms with van der Waals surface area (Å²) in [5.74, 6) is 0.412. The molecule has 0 aromatic heterocycles. The number of hydrogen-bond donors (Lipinski definition) is 1. The fraction of sp³-hybridized carbons (Fsp3) is 0.417. The van der Waals surface area contributed by atoms with Crippen LogP contribution in [-0.4, -0.2) is 13.0 Å². The molecule has 0 saturated heterocycles. The van der Waals surface area contributed by atoms with E-state index in [1.54, 1.807) is 18.2 Å². The normalized spacial score (nSPS) is 11.1. The first-order valence-electron chi connectivity index (χ1n) is 5.00. The second kappa shape index (κ2) is 4.74. The summed E-state index contributed by atoms with van der Waals surface area (Å²) in [6, 6.07) is 5.24. The number of amides is 1. The van der Waals surface area contributed by atoms with Crippen LogP contribution in [0.4, 0.5) is 5.69 Å². The molecule has 1 aromatic carbocycles. The highest BCUT2D eigenvalue weighted by molar-refractivity contribution is 6.32. The van der Waals surface area contributed by atoms with Crippen LogP contribution in [-0.2, 0) is 4.79 Å². The Morgan fingerprint density at radius 2 is 2.00 bits per heavy atom. The molecule has 1 amide bonds. The minimum absolute atomic E-state index is 0.0759. The highest BCUT2D eigenvalue weighted by atomic mass is 35.5. The van der Waals surface area contributed by atoms with E-state index in [9.17, 15) is 4.79 Å².